The molecule has 1 aliphatic heterocycles. The maximum Gasteiger partial charge on any atom is 0.252 e. The highest BCUT2D eigenvalue weighted by atomic mass is 19.1. The lowest BCUT2D eigenvalue weighted by atomic mass is 10.0. The van der Waals surface area contributed by atoms with E-state index in [1.807, 2.05) is 22.9 Å². The fourth-order valence-corrected chi connectivity index (χ4v) is 4.08. The molecule has 1 unspecified atom stereocenters. The summed E-state index contributed by atoms with van der Waals surface area (Å²) in [5.74, 6) is -0.591. The predicted molar refractivity (Wildman–Crippen MR) is 116 cm³/mol. The molecule has 1 aromatic heterocycles. The van der Waals surface area contributed by atoms with E-state index in [0.29, 0.717) is 36.0 Å². The van der Waals surface area contributed by atoms with Gasteiger partial charge in [-0.2, -0.15) is 5.10 Å². The van der Waals surface area contributed by atoms with Crippen molar-refractivity contribution in [3.05, 3.63) is 101 Å². The summed E-state index contributed by atoms with van der Waals surface area (Å²) in [5.41, 5.74) is 3.64. The zero-order valence-electron chi connectivity index (χ0n) is 16.9. The van der Waals surface area contributed by atoms with Crippen LogP contribution in [0.15, 0.2) is 72.9 Å². The van der Waals surface area contributed by atoms with Crippen molar-refractivity contribution in [2.75, 3.05) is 13.2 Å². The molecule has 0 fully saturated rings. The smallest absolute Gasteiger partial charge is 0.252 e. The van der Waals surface area contributed by atoms with Crippen LogP contribution >= 0.6 is 0 Å². The first-order valence-corrected chi connectivity index (χ1v) is 10.4. The number of nitrogens with zero attached hydrogens (tertiary/aromatic N) is 2. The highest BCUT2D eigenvalue weighted by Crippen LogP contribution is 2.26. The maximum atomic E-state index is 14.1. The normalized spacial score (nSPS) is 15.6. The van der Waals surface area contributed by atoms with E-state index in [9.17, 15) is 9.18 Å². The van der Waals surface area contributed by atoms with E-state index < -0.39 is 0 Å². The van der Waals surface area contributed by atoms with Gasteiger partial charge in [0.15, 0.2) is 0 Å². The Morgan fingerprint density at radius 1 is 1.06 bits per heavy atom. The molecule has 2 heterocycles. The molecule has 5 rings (SSSR count). The van der Waals surface area contributed by atoms with Crippen LogP contribution in [0.4, 0.5) is 4.39 Å². The van der Waals surface area contributed by atoms with Crippen LogP contribution in [0.25, 0.3) is 10.8 Å². The Hall–Kier alpha value is -3.51. The highest BCUT2D eigenvalue weighted by Gasteiger charge is 2.25. The molecule has 3 aromatic carbocycles. The quantitative estimate of drug-likeness (QED) is 0.530. The molecular formula is C25H22FN3O2. The summed E-state index contributed by atoms with van der Waals surface area (Å²) in [6.07, 6.45) is 2.56. The number of carbonyl (C=O) groups is 1. The second-order valence-electron chi connectivity index (χ2n) is 7.68. The average molecular weight is 415 g/mol. The summed E-state index contributed by atoms with van der Waals surface area (Å²) in [7, 11) is 0. The van der Waals surface area contributed by atoms with Gasteiger partial charge in [-0.15, -0.1) is 0 Å². The van der Waals surface area contributed by atoms with E-state index in [1.54, 1.807) is 24.3 Å². The molecule has 4 aromatic rings. The minimum absolute atomic E-state index is 0.254. The molecule has 6 heteroatoms. The van der Waals surface area contributed by atoms with Gasteiger partial charge in [-0.1, -0.05) is 54.6 Å². The van der Waals surface area contributed by atoms with Gasteiger partial charge in [-0.25, -0.2) is 4.39 Å². The van der Waals surface area contributed by atoms with Gasteiger partial charge in [0, 0.05) is 23.7 Å². The first-order valence-electron chi connectivity index (χ1n) is 10.4. The second-order valence-corrected chi connectivity index (χ2v) is 7.68. The van der Waals surface area contributed by atoms with Crippen molar-refractivity contribution in [3.63, 3.8) is 0 Å². The largest absolute Gasteiger partial charge is 0.370 e. The third kappa shape index (κ3) is 3.94. The van der Waals surface area contributed by atoms with Gasteiger partial charge in [0.1, 0.15) is 11.9 Å². The number of benzene rings is 3. The van der Waals surface area contributed by atoms with Crippen LogP contribution in [0.5, 0.6) is 0 Å². The van der Waals surface area contributed by atoms with Crippen LogP contribution in [0, 0.1) is 5.82 Å². The van der Waals surface area contributed by atoms with Crippen LogP contribution in [0.1, 0.15) is 33.3 Å². The summed E-state index contributed by atoms with van der Waals surface area (Å²) in [5, 5.41) is 8.71. The number of fused-ring (bicyclic) bond motifs is 2. The number of hydrogen-bond acceptors (Lipinski definition) is 3. The Labute approximate surface area is 179 Å². The minimum Gasteiger partial charge on any atom is -0.370 e. The molecule has 5 nitrogen and oxygen atoms in total. The van der Waals surface area contributed by atoms with Gasteiger partial charge < -0.3 is 10.1 Å². The number of carbonyl (C=O) groups excluding carboxylic acids is 1. The lowest BCUT2D eigenvalue weighted by Gasteiger charge is -2.22. The monoisotopic (exact) mass is 415 g/mol. The minimum atomic E-state index is -0.337. The molecule has 1 atom stereocenters. The number of amides is 1. The number of rotatable bonds is 5. The van der Waals surface area contributed by atoms with Gasteiger partial charge in [0.25, 0.3) is 5.91 Å². The molecular weight excluding hydrogens is 393 g/mol. The predicted octanol–water partition coefficient (Wildman–Crippen LogP) is 4.27. The van der Waals surface area contributed by atoms with E-state index in [4.69, 9.17) is 9.84 Å². The fraction of sp³-hybridized carbons (Fsp3) is 0.200. The third-order valence-corrected chi connectivity index (χ3v) is 5.62. The Kier molecular flexibility index (Phi) is 5.22. The van der Waals surface area contributed by atoms with Crippen molar-refractivity contribution >= 4 is 16.7 Å². The van der Waals surface area contributed by atoms with Crippen molar-refractivity contribution in [3.8, 4) is 0 Å². The van der Waals surface area contributed by atoms with Crippen LogP contribution in [0.3, 0.4) is 0 Å². The van der Waals surface area contributed by atoms with Crippen LogP contribution in [0.2, 0.25) is 0 Å². The third-order valence-electron chi connectivity index (χ3n) is 5.62. The zero-order valence-corrected chi connectivity index (χ0v) is 16.9. The molecule has 1 N–H and O–H groups in total. The van der Waals surface area contributed by atoms with E-state index in [1.165, 1.54) is 17.7 Å². The Balaban J connectivity index is 1.32. The Morgan fingerprint density at radius 3 is 2.68 bits per heavy atom. The van der Waals surface area contributed by atoms with Crippen molar-refractivity contribution in [2.24, 2.45) is 0 Å². The average Bonchev–Trinajstić information content (AvgIpc) is 3.21. The molecule has 0 saturated carbocycles. The summed E-state index contributed by atoms with van der Waals surface area (Å²) in [6, 6.07) is 20.0. The summed E-state index contributed by atoms with van der Waals surface area (Å²) in [4.78, 5) is 12.9. The first-order chi connectivity index (χ1) is 15.2. The van der Waals surface area contributed by atoms with E-state index in [0.717, 1.165) is 17.7 Å². The number of nitrogens with one attached hydrogen (secondary N) is 1. The van der Waals surface area contributed by atoms with Crippen molar-refractivity contribution in [1.29, 1.82) is 0 Å². The van der Waals surface area contributed by atoms with Crippen molar-refractivity contribution in [2.45, 2.75) is 19.1 Å². The fourth-order valence-electron chi connectivity index (χ4n) is 4.08. The number of halogens is 1. The van der Waals surface area contributed by atoms with Crippen molar-refractivity contribution in [1.82, 2.24) is 15.1 Å². The van der Waals surface area contributed by atoms with Crippen LogP contribution in [-0.2, 0) is 17.7 Å². The molecule has 0 spiro atoms. The lowest BCUT2D eigenvalue weighted by molar-refractivity contribution is 0.0383. The molecule has 31 heavy (non-hydrogen) atoms. The van der Waals surface area contributed by atoms with E-state index in [2.05, 4.69) is 23.6 Å². The van der Waals surface area contributed by atoms with Crippen LogP contribution < -0.4 is 5.32 Å². The summed E-state index contributed by atoms with van der Waals surface area (Å²) in [6.45, 7) is 1.58. The second kappa shape index (κ2) is 8.32. The standard InChI is InChI=1S/C25H22FN3O2/c26-22-11-10-21(19-8-4-5-9-20(19)22)25(30)27-14-23-24-18(12-13-31-23)16-29(28-24)15-17-6-2-1-3-7-17/h1-11,16,23H,12-15H2,(H,27,30). The maximum absolute atomic E-state index is 14.1. The summed E-state index contributed by atoms with van der Waals surface area (Å²) >= 11 is 0. The number of ether oxygens (including phenoxy) is 1. The lowest BCUT2D eigenvalue weighted by Crippen LogP contribution is -2.32. The molecule has 156 valence electrons. The number of aromatic nitrogens is 2. The van der Waals surface area contributed by atoms with E-state index >= 15 is 0 Å². The SMILES string of the molecule is O=C(NCC1OCCc2cn(Cc3ccccc3)nc21)c1ccc(F)c2ccccc12. The van der Waals surface area contributed by atoms with Gasteiger partial charge in [-0.05, 0) is 35.1 Å². The topological polar surface area (TPSA) is 56.1 Å². The van der Waals surface area contributed by atoms with Crippen LogP contribution in [-0.4, -0.2) is 28.8 Å². The van der Waals surface area contributed by atoms with Gasteiger partial charge in [-0.3, -0.25) is 9.48 Å². The first kappa shape index (κ1) is 19.5. The molecule has 0 aliphatic carbocycles. The zero-order chi connectivity index (χ0) is 21.2. The Morgan fingerprint density at radius 2 is 1.84 bits per heavy atom. The van der Waals surface area contributed by atoms with Gasteiger partial charge in [0.05, 0.1) is 18.8 Å². The highest BCUT2D eigenvalue weighted by molar-refractivity contribution is 6.07. The molecule has 0 bridgehead atoms. The number of hydrogen-bond donors (Lipinski definition) is 1. The Bertz CT molecular complexity index is 1240. The molecule has 1 amide bonds. The summed E-state index contributed by atoms with van der Waals surface area (Å²) < 4.78 is 21.9. The molecule has 0 saturated heterocycles. The molecule has 0 radical (unpaired) electrons. The van der Waals surface area contributed by atoms with E-state index in [-0.39, 0.29) is 17.8 Å². The molecule has 1 aliphatic rings. The van der Waals surface area contributed by atoms with Gasteiger partial charge >= 0.3 is 0 Å². The van der Waals surface area contributed by atoms with Crippen molar-refractivity contribution < 1.29 is 13.9 Å². The van der Waals surface area contributed by atoms with Gasteiger partial charge in [0.2, 0.25) is 0 Å².